The molecule has 0 saturated carbocycles. The zero-order chi connectivity index (χ0) is 12.3. The van der Waals surface area contributed by atoms with Crippen molar-refractivity contribution in [2.45, 2.75) is 32.8 Å². The van der Waals surface area contributed by atoms with Crippen molar-refractivity contribution < 1.29 is 23.4 Å². The molecule has 1 N–H and O–H groups in total. The minimum Gasteiger partial charge on any atom is -0.453 e. The van der Waals surface area contributed by atoms with Crippen LogP contribution in [-0.2, 0) is 9.53 Å². The summed E-state index contributed by atoms with van der Waals surface area (Å²) in [4.78, 5) is 11.3. The normalized spacial score (nSPS) is 14.5. The van der Waals surface area contributed by atoms with Gasteiger partial charge in [-0.1, -0.05) is 6.58 Å². The highest BCUT2D eigenvalue weighted by Gasteiger charge is 2.40. The summed E-state index contributed by atoms with van der Waals surface area (Å²) in [5, 5.41) is 8.70. The van der Waals surface area contributed by atoms with Gasteiger partial charge in [0.05, 0.1) is 12.0 Å². The zero-order valence-corrected chi connectivity index (χ0v) is 9.09. The van der Waals surface area contributed by atoms with Gasteiger partial charge in [-0.3, -0.25) is 4.79 Å². The second-order valence-electron chi connectivity index (χ2n) is 4.21. The van der Waals surface area contributed by atoms with Crippen molar-refractivity contribution in [2.24, 2.45) is 5.41 Å². The Labute approximate surface area is 87.7 Å². The molecule has 0 aromatic rings. The summed E-state index contributed by atoms with van der Waals surface area (Å²) >= 11 is 0. The Morgan fingerprint density at radius 1 is 1.53 bits per heavy atom. The van der Waals surface area contributed by atoms with Gasteiger partial charge in [0, 0.05) is 0 Å². The third-order valence-corrected chi connectivity index (χ3v) is 1.73. The number of ether oxygens (including phenoxy) is 1. The van der Waals surface area contributed by atoms with Crippen LogP contribution in [0.25, 0.3) is 0 Å². The third-order valence-electron chi connectivity index (χ3n) is 1.73. The van der Waals surface area contributed by atoms with E-state index in [1.165, 1.54) is 20.8 Å². The van der Waals surface area contributed by atoms with E-state index in [1.807, 2.05) is 0 Å². The maximum absolute atomic E-state index is 13.0. The van der Waals surface area contributed by atoms with E-state index < -0.39 is 30.0 Å². The monoisotopic (exact) mass is 222 g/mol. The van der Waals surface area contributed by atoms with E-state index >= 15 is 0 Å². The molecular weight excluding hydrogens is 206 g/mol. The molecule has 1 atom stereocenters. The maximum Gasteiger partial charge on any atom is 0.311 e. The second kappa shape index (κ2) is 4.70. The number of rotatable bonds is 4. The summed E-state index contributed by atoms with van der Waals surface area (Å²) in [5.74, 6) is -4.21. The van der Waals surface area contributed by atoms with Crippen LogP contribution >= 0.6 is 0 Å². The van der Waals surface area contributed by atoms with Crippen LogP contribution in [0.3, 0.4) is 0 Å². The Kier molecular flexibility index (Phi) is 4.40. The van der Waals surface area contributed by atoms with E-state index in [-0.39, 0.29) is 0 Å². The molecule has 0 aliphatic carbocycles. The van der Waals surface area contributed by atoms with Crippen LogP contribution in [-0.4, -0.2) is 29.7 Å². The fraction of sp³-hybridized carbons (Fsp3) is 0.700. The Bertz CT molecular complexity index is 244. The van der Waals surface area contributed by atoms with Gasteiger partial charge in [0.2, 0.25) is 0 Å². The van der Waals surface area contributed by atoms with E-state index in [9.17, 15) is 13.6 Å². The number of alkyl halides is 2. The summed E-state index contributed by atoms with van der Waals surface area (Å²) in [7, 11) is 0. The van der Waals surface area contributed by atoms with E-state index in [4.69, 9.17) is 5.11 Å². The predicted octanol–water partition coefficient (Wildman–Crippen LogP) is 1.76. The number of carbonyl (C=O) groups is 1. The van der Waals surface area contributed by atoms with E-state index in [1.54, 1.807) is 0 Å². The highest BCUT2D eigenvalue weighted by molar-refractivity contribution is 5.75. The SMILES string of the molecule is C=CC(F)(F)C(CO)OC(=O)C(C)(C)C. The molecule has 15 heavy (non-hydrogen) atoms. The lowest BCUT2D eigenvalue weighted by Gasteiger charge is -2.26. The molecule has 1 unspecified atom stereocenters. The predicted molar refractivity (Wildman–Crippen MR) is 51.6 cm³/mol. The van der Waals surface area contributed by atoms with E-state index in [2.05, 4.69) is 11.3 Å². The summed E-state index contributed by atoms with van der Waals surface area (Å²) in [6, 6.07) is 0. The van der Waals surface area contributed by atoms with E-state index in [0.29, 0.717) is 6.08 Å². The van der Waals surface area contributed by atoms with Crippen LogP contribution in [0.2, 0.25) is 0 Å². The third kappa shape index (κ3) is 3.95. The van der Waals surface area contributed by atoms with Crippen molar-refractivity contribution in [1.29, 1.82) is 0 Å². The molecule has 0 bridgehead atoms. The second-order valence-corrected chi connectivity index (χ2v) is 4.21. The van der Waals surface area contributed by atoms with Crippen LogP contribution in [0.4, 0.5) is 8.78 Å². The molecule has 5 heteroatoms. The number of hydrogen-bond acceptors (Lipinski definition) is 3. The van der Waals surface area contributed by atoms with Gasteiger partial charge in [0.25, 0.3) is 0 Å². The Hall–Kier alpha value is -0.970. The number of halogens is 2. The van der Waals surface area contributed by atoms with Crippen LogP contribution in [0.15, 0.2) is 12.7 Å². The lowest BCUT2D eigenvalue weighted by Crippen LogP contribution is -2.41. The molecule has 0 saturated heterocycles. The summed E-state index contributed by atoms with van der Waals surface area (Å²) < 4.78 is 30.5. The van der Waals surface area contributed by atoms with Gasteiger partial charge >= 0.3 is 11.9 Å². The minimum absolute atomic E-state index is 0.351. The molecule has 0 radical (unpaired) electrons. The molecule has 0 aliphatic heterocycles. The molecule has 0 heterocycles. The molecule has 0 amide bonds. The highest BCUT2D eigenvalue weighted by Crippen LogP contribution is 2.25. The smallest absolute Gasteiger partial charge is 0.311 e. The molecular formula is C10H16F2O3. The fourth-order valence-electron chi connectivity index (χ4n) is 0.675. The molecule has 0 spiro atoms. The van der Waals surface area contributed by atoms with Gasteiger partial charge in [-0.05, 0) is 26.8 Å². The topological polar surface area (TPSA) is 46.5 Å². The lowest BCUT2D eigenvalue weighted by atomic mass is 9.97. The average molecular weight is 222 g/mol. The molecule has 0 aliphatic rings. The maximum atomic E-state index is 13.0. The summed E-state index contributed by atoms with van der Waals surface area (Å²) in [6.45, 7) is 6.59. The standard InChI is InChI=1S/C10H16F2O3/c1-5-10(11,12)7(6-13)15-8(14)9(2,3)4/h5,7,13H,1,6H2,2-4H3. The first-order valence-corrected chi connectivity index (χ1v) is 4.48. The summed E-state index contributed by atoms with van der Waals surface area (Å²) in [5.41, 5.74) is -0.884. The van der Waals surface area contributed by atoms with Crippen molar-refractivity contribution in [1.82, 2.24) is 0 Å². The van der Waals surface area contributed by atoms with Gasteiger partial charge in [-0.25, -0.2) is 0 Å². The van der Waals surface area contributed by atoms with Gasteiger partial charge in [0.1, 0.15) is 0 Å². The number of hydrogen-bond donors (Lipinski definition) is 1. The van der Waals surface area contributed by atoms with Crippen LogP contribution in [0.1, 0.15) is 20.8 Å². The first-order valence-electron chi connectivity index (χ1n) is 4.48. The number of esters is 1. The molecule has 0 rings (SSSR count). The first kappa shape index (κ1) is 14.0. The van der Waals surface area contributed by atoms with Gasteiger partial charge in [0.15, 0.2) is 6.10 Å². The highest BCUT2D eigenvalue weighted by atomic mass is 19.3. The van der Waals surface area contributed by atoms with Crippen molar-refractivity contribution in [2.75, 3.05) is 6.61 Å². The van der Waals surface area contributed by atoms with Crippen LogP contribution < -0.4 is 0 Å². The Morgan fingerprint density at radius 3 is 2.27 bits per heavy atom. The fourth-order valence-corrected chi connectivity index (χ4v) is 0.675. The molecule has 88 valence electrons. The van der Waals surface area contributed by atoms with Crippen LogP contribution in [0.5, 0.6) is 0 Å². The average Bonchev–Trinajstić information content (AvgIpc) is 2.11. The molecule has 0 aromatic heterocycles. The quantitative estimate of drug-likeness (QED) is 0.582. The Balaban J connectivity index is 4.62. The molecule has 3 nitrogen and oxygen atoms in total. The number of aliphatic hydroxyl groups is 1. The number of carbonyl (C=O) groups excluding carboxylic acids is 1. The molecule has 0 fully saturated rings. The summed E-state index contributed by atoms with van der Waals surface area (Å²) in [6.07, 6.45) is -1.52. The van der Waals surface area contributed by atoms with Gasteiger partial charge in [-0.15, -0.1) is 0 Å². The van der Waals surface area contributed by atoms with Crippen molar-refractivity contribution in [3.63, 3.8) is 0 Å². The van der Waals surface area contributed by atoms with Crippen molar-refractivity contribution in [3.05, 3.63) is 12.7 Å². The van der Waals surface area contributed by atoms with Gasteiger partial charge in [-0.2, -0.15) is 8.78 Å². The largest absolute Gasteiger partial charge is 0.453 e. The van der Waals surface area contributed by atoms with Crippen molar-refractivity contribution in [3.8, 4) is 0 Å². The molecule has 0 aromatic carbocycles. The first-order chi connectivity index (χ1) is 6.65. The van der Waals surface area contributed by atoms with E-state index in [0.717, 1.165) is 0 Å². The van der Waals surface area contributed by atoms with Gasteiger partial charge < -0.3 is 9.84 Å². The zero-order valence-electron chi connectivity index (χ0n) is 9.09. The number of aliphatic hydroxyl groups excluding tert-OH is 1. The van der Waals surface area contributed by atoms with Crippen LogP contribution in [0, 0.1) is 5.41 Å². The Morgan fingerprint density at radius 2 is 2.00 bits per heavy atom. The lowest BCUT2D eigenvalue weighted by molar-refractivity contribution is -0.179. The minimum atomic E-state index is -3.42. The van der Waals surface area contributed by atoms with Crippen molar-refractivity contribution >= 4 is 5.97 Å².